The molecule has 0 aliphatic rings. The largest absolute Gasteiger partial charge is 0.445 e. The van der Waals surface area contributed by atoms with Gasteiger partial charge in [0.1, 0.15) is 12.4 Å². The number of carbonyl (C=O) groups excluding carboxylic acids is 1. The summed E-state index contributed by atoms with van der Waals surface area (Å²) in [6.45, 7) is 0.410. The van der Waals surface area contributed by atoms with E-state index >= 15 is 0 Å². The van der Waals surface area contributed by atoms with E-state index in [0.717, 1.165) is 5.56 Å². The zero-order valence-corrected chi connectivity index (χ0v) is 12.3. The highest BCUT2D eigenvalue weighted by Gasteiger charge is 2.02. The van der Waals surface area contributed by atoms with E-state index in [9.17, 15) is 9.18 Å². The summed E-state index contributed by atoms with van der Waals surface area (Å²) < 4.78 is 18.7. The maximum Gasteiger partial charge on any atom is 0.407 e. The van der Waals surface area contributed by atoms with Crippen molar-refractivity contribution in [1.29, 1.82) is 5.26 Å². The quantitative estimate of drug-likeness (QED) is 0.917. The van der Waals surface area contributed by atoms with Gasteiger partial charge in [-0.2, -0.15) is 5.26 Å². The maximum absolute atomic E-state index is 13.6. The van der Waals surface area contributed by atoms with Crippen molar-refractivity contribution in [3.63, 3.8) is 0 Å². The monoisotopic (exact) mass is 310 g/mol. The number of nitrogens with one attached hydrogen (secondary N) is 1. The van der Waals surface area contributed by atoms with Crippen LogP contribution in [0.1, 0.15) is 16.7 Å². The molecule has 5 heteroatoms. The van der Waals surface area contributed by atoms with Gasteiger partial charge in [0.05, 0.1) is 11.6 Å². The van der Waals surface area contributed by atoms with Crippen LogP contribution in [0, 0.1) is 17.1 Å². The van der Waals surface area contributed by atoms with Crippen LogP contribution in [0.5, 0.6) is 0 Å². The molecule has 0 heterocycles. The van der Waals surface area contributed by atoms with Gasteiger partial charge in [-0.15, -0.1) is 0 Å². The molecule has 2 aromatic rings. The fourth-order valence-electron chi connectivity index (χ4n) is 1.83. The summed E-state index contributed by atoms with van der Waals surface area (Å²) in [6.07, 6.45) is 2.60. The van der Waals surface area contributed by atoms with Crippen LogP contribution < -0.4 is 5.32 Å². The van der Waals surface area contributed by atoms with E-state index in [0.29, 0.717) is 5.56 Å². The smallest absolute Gasteiger partial charge is 0.407 e. The second-order valence-corrected chi connectivity index (χ2v) is 4.69. The number of carbonyl (C=O) groups is 1. The highest BCUT2D eigenvalue weighted by Crippen LogP contribution is 2.11. The lowest BCUT2D eigenvalue weighted by Crippen LogP contribution is -2.24. The van der Waals surface area contributed by atoms with Gasteiger partial charge in [0, 0.05) is 12.1 Å². The SMILES string of the molecule is N#Cc1ccc(C=CCNC(=O)OCc2ccccc2)c(F)c1. The summed E-state index contributed by atoms with van der Waals surface area (Å²) in [6, 6.07) is 15.4. The van der Waals surface area contributed by atoms with Crippen molar-refractivity contribution in [3.05, 3.63) is 77.1 Å². The highest BCUT2D eigenvalue weighted by atomic mass is 19.1. The van der Waals surface area contributed by atoms with E-state index in [2.05, 4.69) is 5.32 Å². The maximum atomic E-state index is 13.6. The molecule has 0 aliphatic heterocycles. The summed E-state index contributed by atoms with van der Waals surface area (Å²) in [5.41, 5.74) is 1.52. The van der Waals surface area contributed by atoms with Crippen molar-refractivity contribution in [1.82, 2.24) is 5.32 Å². The van der Waals surface area contributed by atoms with Crippen LogP contribution in [0.2, 0.25) is 0 Å². The molecule has 2 rings (SSSR count). The fraction of sp³-hybridized carbons (Fsp3) is 0.111. The average molecular weight is 310 g/mol. The summed E-state index contributed by atoms with van der Waals surface area (Å²) in [5, 5.41) is 11.2. The number of benzene rings is 2. The van der Waals surface area contributed by atoms with E-state index in [-0.39, 0.29) is 18.7 Å². The van der Waals surface area contributed by atoms with E-state index in [4.69, 9.17) is 10.00 Å². The first-order valence-corrected chi connectivity index (χ1v) is 7.00. The number of rotatable bonds is 5. The standard InChI is InChI=1S/C18H15FN2O2/c19-17-11-15(12-20)8-9-16(17)7-4-10-21-18(22)23-13-14-5-2-1-3-6-14/h1-9,11H,10,13H2,(H,21,22). The molecule has 0 bridgehead atoms. The van der Waals surface area contributed by atoms with Gasteiger partial charge in [0.15, 0.2) is 0 Å². The van der Waals surface area contributed by atoms with Gasteiger partial charge >= 0.3 is 6.09 Å². The summed E-state index contributed by atoms with van der Waals surface area (Å²) in [5.74, 6) is -0.480. The number of halogens is 1. The first-order valence-electron chi connectivity index (χ1n) is 7.00. The van der Waals surface area contributed by atoms with Gasteiger partial charge < -0.3 is 10.1 Å². The Hall–Kier alpha value is -3.13. The molecule has 0 saturated carbocycles. The summed E-state index contributed by atoms with van der Waals surface area (Å²) >= 11 is 0. The Labute approximate surface area is 133 Å². The minimum Gasteiger partial charge on any atom is -0.445 e. The number of alkyl carbamates (subject to hydrolysis) is 1. The molecule has 23 heavy (non-hydrogen) atoms. The van der Waals surface area contributed by atoms with Crippen LogP contribution in [-0.4, -0.2) is 12.6 Å². The molecule has 0 radical (unpaired) electrons. The molecule has 116 valence electrons. The van der Waals surface area contributed by atoms with Crippen molar-refractivity contribution >= 4 is 12.2 Å². The zero-order chi connectivity index (χ0) is 16.5. The molecule has 0 aromatic heterocycles. The van der Waals surface area contributed by atoms with Crippen LogP contribution in [0.25, 0.3) is 6.08 Å². The topological polar surface area (TPSA) is 62.1 Å². The molecule has 1 N–H and O–H groups in total. The van der Waals surface area contributed by atoms with Gasteiger partial charge in [0.25, 0.3) is 0 Å². The Bertz CT molecular complexity index is 736. The van der Waals surface area contributed by atoms with Crippen LogP contribution >= 0.6 is 0 Å². The number of hydrogen-bond acceptors (Lipinski definition) is 3. The van der Waals surface area contributed by atoms with Crippen molar-refractivity contribution in [2.75, 3.05) is 6.54 Å². The van der Waals surface area contributed by atoms with Gasteiger partial charge in [-0.25, -0.2) is 9.18 Å². The molecule has 2 aromatic carbocycles. The summed E-state index contributed by atoms with van der Waals surface area (Å²) in [4.78, 5) is 11.5. The van der Waals surface area contributed by atoms with Gasteiger partial charge in [-0.3, -0.25) is 0 Å². The Morgan fingerprint density at radius 2 is 2.04 bits per heavy atom. The van der Waals surface area contributed by atoms with Crippen LogP contribution in [0.4, 0.5) is 9.18 Å². The lowest BCUT2D eigenvalue weighted by atomic mass is 10.1. The average Bonchev–Trinajstić information content (AvgIpc) is 2.58. The molecule has 0 aliphatic carbocycles. The van der Waals surface area contributed by atoms with E-state index in [1.807, 2.05) is 36.4 Å². The van der Waals surface area contributed by atoms with Gasteiger partial charge in [-0.05, 0) is 17.7 Å². The van der Waals surface area contributed by atoms with Crippen LogP contribution in [0.3, 0.4) is 0 Å². The molecule has 0 saturated heterocycles. The third kappa shape index (κ3) is 5.29. The van der Waals surface area contributed by atoms with E-state index in [1.165, 1.54) is 24.3 Å². The fourth-order valence-corrected chi connectivity index (χ4v) is 1.83. The normalized spacial score (nSPS) is 10.3. The van der Waals surface area contributed by atoms with Crippen molar-refractivity contribution in [2.24, 2.45) is 0 Å². The van der Waals surface area contributed by atoms with Crippen LogP contribution in [0.15, 0.2) is 54.6 Å². The third-order valence-electron chi connectivity index (χ3n) is 3.00. The molecular weight excluding hydrogens is 295 g/mol. The molecule has 0 spiro atoms. The number of nitrogens with zero attached hydrogens (tertiary/aromatic N) is 1. The lowest BCUT2D eigenvalue weighted by molar-refractivity contribution is 0.141. The lowest BCUT2D eigenvalue weighted by Gasteiger charge is -2.05. The van der Waals surface area contributed by atoms with Crippen LogP contribution in [-0.2, 0) is 11.3 Å². The second kappa shape index (κ2) is 8.35. The second-order valence-electron chi connectivity index (χ2n) is 4.69. The highest BCUT2D eigenvalue weighted by molar-refractivity contribution is 5.67. The number of amides is 1. The Morgan fingerprint density at radius 3 is 2.74 bits per heavy atom. The first kappa shape index (κ1) is 16.2. The van der Waals surface area contributed by atoms with E-state index in [1.54, 1.807) is 6.08 Å². The van der Waals surface area contributed by atoms with Crippen molar-refractivity contribution in [3.8, 4) is 6.07 Å². The molecule has 0 fully saturated rings. The van der Waals surface area contributed by atoms with Gasteiger partial charge in [-0.1, -0.05) is 48.6 Å². The third-order valence-corrected chi connectivity index (χ3v) is 3.00. The summed E-state index contributed by atoms with van der Waals surface area (Å²) in [7, 11) is 0. The molecule has 1 amide bonds. The van der Waals surface area contributed by atoms with Crippen molar-refractivity contribution < 1.29 is 13.9 Å². The number of hydrogen-bond donors (Lipinski definition) is 1. The zero-order valence-electron chi connectivity index (χ0n) is 12.3. The molecular formula is C18H15FN2O2. The van der Waals surface area contributed by atoms with Crippen molar-refractivity contribution in [2.45, 2.75) is 6.61 Å². The number of ether oxygens (including phenoxy) is 1. The minimum absolute atomic E-state index is 0.195. The number of nitriles is 1. The predicted octanol–water partition coefficient (Wildman–Crippen LogP) is 3.64. The van der Waals surface area contributed by atoms with E-state index < -0.39 is 11.9 Å². The minimum atomic E-state index is -0.543. The Balaban J connectivity index is 1.76. The molecule has 0 atom stereocenters. The molecule has 0 unspecified atom stereocenters. The Morgan fingerprint density at radius 1 is 1.26 bits per heavy atom. The Kier molecular flexibility index (Phi) is 5.89. The first-order chi connectivity index (χ1) is 11.2. The van der Waals surface area contributed by atoms with Gasteiger partial charge in [0.2, 0.25) is 0 Å². The predicted molar refractivity (Wildman–Crippen MR) is 84.8 cm³/mol. The molecule has 4 nitrogen and oxygen atoms in total.